The number of halogens is 1. The van der Waals surface area contributed by atoms with Crippen LogP contribution < -0.4 is 20.1 Å². The Labute approximate surface area is 242 Å². The molecule has 0 saturated heterocycles. The van der Waals surface area contributed by atoms with Crippen LogP contribution in [0.2, 0.25) is 0 Å². The monoisotopic (exact) mass is 605 g/mol. The van der Waals surface area contributed by atoms with E-state index in [9.17, 15) is 9.59 Å². The van der Waals surface area contributed by atoms with Crippen molar-refractivity contribution in [2.24, 2.45) is 0 Å². The van der Waals surface area contributed by atoms with Crippen molar-refractivity contribution >= 4 is 27.9 Å². The molecule has 0 aromatic heterocycles. The highest BCUT2D eigenvalue weighted by Crippen LogP contribution is 2.31. The smallest absolute Gasteiger partial charge is 0.407 e. The molecule has 3 aromatic rings. The molecular weight excluding hydrogens is 574 g/mol. The second-order valence-electron chi connectivity index (χ2n) is 10.7. The molecule has 1 aliphatic carbocycles. The van der Waals surface area contributed by atoms with E-state index in [4.69, 9.17) is 19.5 Å². The number of nitrogens with one attached hydrogen (secondary N) is 2. The van der Waals surface area contributed by atoms with Gasteiger partial charge in [0, 0.05) is 28.2 Å². The first kappa shape index (κ1) is 29.0. The molecule has 1 saturated carbocycles. The van der Waals surface area contributed by atoms with Crippen molar-refractivity contribution in [3.05, 3.63) is 82.3 Å². The van der Waals surface area contributed by atoms with Gasteiger partial charge >= 0.3 is 6.09 Å². The lowest BCUT2D eigenvalue weighted by atomic mass is 9.91. The van der Waals surface area contributed by atoms with E-state index in [1.807, 2.05) is 45.0 Å². The molecule has 0 bridgehead atoms. The summed E-state index contributed by atoms with van der Waals surface area (Å²) in [4.78, 5) is 25.4. The molecule has 0 spiro atoms. The molecule has 1 aliphatic rings. The molecule has 0 unspecified atom stereocenters. The van der Waals surface area contributed by atoms with Crippen LogP contribution >= 0.6 is 15.9 Å². The zero-order chi connectivity index (χ0) is 28.7. The van der Waals surface area contributed by atoms with Gasteiger partial charge in [0.1, 0.15) is 28.6 Å². The first-order chi connectivity index (χ1) is 19.1. The average molecular weight is 607 g/mol. The molecule has 2 N–H and O–H groups in total. The molecule has 0 atom stereocenters. The molecular formula is C31H32BrN3O5. The number of ether oxygens (including phenoxy) is 3. The number of alkyl carbamates (subject to hydrolysis) is 1. The fourth-order valence-corrected chi connectivity index (χ4v) is 4.58. The summed E-state index contributed by atoms with van der Waals surface area (Å²) in [5.74, 6) is 1.77. The predicted molar refractivity (Wildman–Crippen MR) is 155 cm³/mol. The van der Waals surface area contributed by atoms with Crippen molar-refractivity contribution in [2.45, 2.75) is 64.1 Å². The van der Waals surface area contributed by atoms with Gasteiger partial charge in [-0.15, -0.1) is 0 Å². The number of hydrogen-bond acceptors (Lipinski definition) is 6. The second kappa shape index (κ2) is 12.9. The van der Waals surface area contributed by atoms with E-state index in [1.165, 1.54) is 0 Å². The van der Waals surface area contributed by atoms with Crippen LogP contribution in [0.25, 0.3) is 0 Å². The van der Waals surface area contributed by atoms with Crippen molar-refractivity contribution in [1.82, 2.24) is 10.6 Å². The topological polar surface area (TPSA) is 110 Å². The lowest BCUT2D eigenvalue weighted by Crippen LogP contribution is -2.45. The Hall–Kier alpha value is -4.03. The molecule has 40 heavy (non-hydrogen) atoms. The van der Waals surface area contributed by atoms with Gasteiger partial charge in [-0.25, -0.2) is 4.79 Å². The Bertz CT molecular complexity index is 1370. The Morgan fingerprint density at radius 3 is 1.80 bits per heavy atom. The highest BCUT2D eigenvalue weighted by Gasteiger charge is 2.26. The number of carbonyl (C=O) groups excluding carboxylic acids is 2. The maximum atomic E-state index is 13.3. The summed E-state index contributed by atoms with van der Waals surface area (Å²) in [5, 5.41) is 15.1. The van der Waals surface area contributed by atoms with Crippen molar-refractivity contribution in [2.75, 3.05) is 0 Å². The van der Waals surface area contributed by atoms with E-state index < -0.39 is 11.7 Å². The van der Waals surface area contributed by atoms with Crippen LogP contribution in [0.4, 0.5) is 4.79 Å². The van der Waals surface area contributed by atoms with E-state index in [0.717, 1.165) is 30.2 Å². The van der Waals surface area contributed by atoms with E-state index in [0.29, 0.717) is 34.1 Å². The first-order valence-electron chi connectivity index (χ1n) is 13.1. The van der Waals surface area contributed by atoms with Gasteiger partial charge in [0.2, 0.25) is 0 Å². The summed E-state index contributed by atoms with van der Waals surface area (Å²) in [6.45, 7) is 5.50. The van der Waals surface area contributed by atoms with Crippen LogP contribution in [-0.4, -0.2) is 29.7 Å². The van der Waals surface area contributed by atoms with Crippen LogP contribution in [0.15, 0.2) is 71.2 Å². The summed E-state index contributed by atoms with van der Waals surface area (Å²) in [7, 11) is 0. The van der Waals surface area contributed by atoms with Crippen LogP contribution in [0.5, 0.6) is 23.0 Å². The minimum absolute atomic E-state index is 0.0121. The van der Waals surface area contributed by atoms with Gasteiger partial charge in [-0.05, 0) is 107 Å². The molecule has 0 heterocycles. The zero-order valence-electron chi connectivity index (χ0n) is 22.7. The number of rotatable bonds is 7. The van der Waals surface area contributed by atoms with Gasteiger partial charge in [0.15, 0.2) is 0 Å². The number of carbonyl (C=O) groups is 2. The van der Waals surface area contributed by atoms with Crippen molar-refractivity contribution in [3.63, 3.8) is 0 Å². The summed E-state index contributed by atoms with van der Waals surface area (Å²) < 4.78 is 18.3. The molecule has 0 aliphatic heterocycles. The molecule has 208 valence electrons. The zero-order valence-corrected chi connectivity index (χ0v) is 24.3. The summed E-state index contributed by atoms with van der Waals surface area (Å²) in [6.07, 6.45) is 2.53. The third-order valence-electron chi connectivity index (χ3n) is 6.19. The minimum Gasteiger partial charge on any atom is -0.457 e. The Kier molecular flexibility index (Phi) is 9.33. The largest absolute Gasteiger partial charge is 0.457 e. The quantitative estimate of drug-likeness (QED) is 0.289. The number of benzene rings is 3. The highest BCUT2D eigenvalue weighted by molar-refractivity contribution is 9.10. The number of amides is 2. The van der Waals surface area contributed by atoms with Gasteiger partial charge in [-0.3, -0.25) is 4.79 Å². The maximum absolute atomic E-state index is 13.3. The molecule has 4 rings (SSSR count). The molecule has 9 heteroatoms. The summed E-state index contributed by atoms with van der Waals surface area (Å²) in [5.41, 5.74) is 0.371. The maximum Gasteiger partial charge on any atom is 0.407 e. The number of nitriles is 1. The fourth-order valence-electron chi connectivity index (χ4n) is 4.32. The first-order valence-corrected chi connectivity index (χ1v) is 13.9. The molecule has 2 amide bonds. The lowest BCUT2D eigenvalue weighted by molar-refractivity contribution is 0.0488. The Morgan fingerprint density at radius 2 is 1.30 bits per heavy atom. The van der Waals surface area contributed by atoms with Crippen LogP contribution in [0.1, 0.15) is 62.4 Å². The minimum atomic E-state index is -0.548. The van der Waals surface area contributed by atoms with Gasteiger partial charge in [-0.1, -0.05) is 15.9 Å². The van der Waals surface area contributed by atoms with Crippen LogP contribution in [0.3, 0.4) is 0 Å². The van der Waals surface area contributed by atoms with E-state index in [1.54, 1.807) is 42.5 Å². The second-order valence-corrected chi connectivity index (χ2v) is 11.6. The summed E-state index contributed by atoms with van der Waals surface area (Å²) in [6, 6.07) is 21.2. The molecule has 0 radical (unpaired) electrons. The highest BCUT2D eigenvalue weighted by atomic mass is 79.9. The molecule has 1 fully saturated rings. The van der Waals surface area contributed by atoms with E-state index in [-0.39, 0.29) is 18.0 Å². The van der Waals surface area contributed by atoms with Gasteiger partial charge in [0.25, 0.3) is 5.91 Å². The SMILES string of the molecule is CC(C)(C)OC(=O)NC1CCC(NC(=O)c2cc(Oc3ccc(Br)cc3)cc(Oc3ccc(C#N)cc3)c2)CC1. The van der Waals surface area contributed by atoms with Crippen LogP contribution in [0, 0.1) is 11.3 Å². The van der Waals surface area contributed by atoms with E-state index >= 15 is 0 Å². The Balaban J connectivity index is 1.44. The van der Waals surface area contributed by atoms with Crippen molar-refractivity contribution in [3.8, 4) is 29.1 Å². The van der Waals surface area contributed by atoms with Gasteiger partial charge < -0.3 is 24.8 Å². The fraction of sp³-hybridized carbons (Fsp3) is 0.323. The molecule has 8 nitrogen and oxygen atoms in total. The van der Waals surface area contributed by atoms with Crippen molar-refractivity contribution in [1.29, 1.82) is 5.26 Å². The Morgan fingerprint density at radius 1 is 0.800 bits per heavy atom. The normalized spacial score (nSPS) is 16.8. The number of nitrogens with zero attached hydrogens (tertiary/aromatic N) is 1. The van der Waals surface area contributed by atoms with Gasteiger partial charge in [0.05, 0.1) is 11.6 Å². The average Bonchev–Trinajstić information content (AvgIpc) is 2.90. The summed E-state index contributed by atoms with van der Waals surface area (Å²) >= 11 is 3.42. The van der Waals surface area contributed by atoms with Gasteiger partial charge in [-0.2, -0.15) is 5.26 Å². The molecule has 3 aromatic carbocycles. The standard InChI is InChI=1S/C31H32BrN3O5/c1-31(2,3)40-30(37)35-24-10-8-23(9-11-24)34-29(36)21-16-27(38-25-12-4-20(19-33)5-13-25)18-28(17-21)39-26-14-6-22(32)7-15-26/h4-7,12-18,23-24H,8-11H2,1-3H3,(H,34,36)(H,35,37). The third-order valence-corrected chi connectivity index (χ3v) is 6.72. The van der Waals surface area contributed by atoms with E-state index in [2.05, 4.69) is 32.6 Å². The third kappa shape index (κ3) is 8.75. The lowest BCUT2D eigenvalue weighted by Gasteiger charge is -2.30. The predicted octanol–water partition coefficient (Wildman–Crippen LogP) is 7.47. The van der Waals surface area contributed by atoms with Crippen LogP contribution in [-0.2, 0) is 4.74 Å². The number of hydrogen-bond donors (Lipinski definition) is 2. The van der Waals surface area contributed by atoms with Crippen molar-refractivity contribution < 1.29 is 23.8 Å².